The van der Waals surface area contributed by atoms with E-state index in [1.54, 1.807) is 6.92 Å². The highest BCUT2D eigenvalue weighted by Crippen LogP contribution is 2.39. The average molecular weight is 690 g/mol. The summed E-state index contributed by atoms with van der Waals surface area (Å²) < 4.78 is 82.9. The number of nitrogens with one attached hydrogen (secondary N) is 2. The van der Waals surface area contributed by atoms with Gasteiger partial charge in [-0.25, -0.2) is 15.0 Å². The van der Waals surface area contributed by atoms with Crippen LogP contribution in [-0.2, 0) is 25.4 Å². The van der Waals surface area contributed by atoms with Gasteiger partial charge < -0.3 is 20.5 Å². The van der Waals surface area contributed by atoms with Crippen molar-refractivity contribution in [3.05, 3.63) is 70.0 Å². The molecule has 2 aromatic heterocycles. The number of ketones is 1. The van der Waals surface area contributed by atoms with Crippen LogP contribution in [0.2, 0.25) is 0 Å². The Morgan fingerprint density at radius 3 is 1.80 bits per heavy atom. The van der Waals surface area contributed by atoms with Gasteiger partial charge in [-0.1, -0.05) is 0 Å². The van der Waals surface area contributed by atoms with Crippen LogP contribution in [0.3, 0.4) is 0 Å². The summed E-state index contributed by atoms with van der Waals surface area (Å²) >= 11 is 0. The van der Waals surface area contributed by atoms with Crippen molar-refractivity contribution in [1.29, 1.82) is 5.41 Å². The summed E-state index contributed by atoms with van der Waals surface area (Å²) in [6.07, 6.45) is -3.14. The van der Waals surface area contributed by atoms with E-state index in [1.165, 1.54) is 24.2 Å². The predicted octanol–water partition coefficient (Wildman–Crippen LogP) is 8.54. The summed E-state index contributed by atoms with van der Waals surface area (Å²) in [4.78, 5) is 29.4. The van der Waals surface area contributed by atoms with Crippen LogP contribution in [0.4, 0.5) is 43.9 Å². The number of hydrogen-bond donors (Lipinski definition) is 2. The van der Waals surface area contributed by atoms with Crippen LogP contribution in [0, 0.1) is 17.2 Å². The van der Waals surface area contributed by atoms with Gasteiger partial charge >= 0.3 is 12.4 Å². The van der Waals surface area contributed by atoms with Gasteiger partial charge in [0.05, 0.1) is 16.7 Å². The van der Waals surface area contributed by atoms with E-state index < -0.39 is 35.6 Å². The fourth-order valence-corrected chi connectivity index (χ4v) is 5.54. The fourth-order valence-electron chi connectivity index (χ4n) is 5.54. The maximum absolute atomic E-state index is 13.8. The van der Waals surface area contributed by atoms with E-state index in [1.807, 2.05) is 26.8 Å². The van der Waals surface area contributed by atoms with Crippen molar-refractivity contribution >= 4 is 29.1 Å². The molecule has 0 amide bonds. The number of alkyl halides is 6. The molecule has 2 aliphatic rings. The minimum Gasteiger partial charge on any atom is -0.365 e. The lowest BCUT2D eigenvalue weighted by molar-refractivity contribution is -0.143. The number of benzene rings is 1. The Kier molecular flexibility index (Phi) is 10.00. The van der Waals surface area contributed by atoms with Crippen molar-refractivity contribution in [2.75, 3.05) is 28.2 Å². The van der Waals surface area contributed by atoms with Gasteiger partial charge in [0.25, 0.3) is 0 Å². The lowest BCUT2D eigenvalue weighted by Crippen LogP contribution is -2.34. The van der Waals surface area contributed by atoms with E-state index in [-0.39, 0.29) is 41.2 Å². The number of anilines is 3. The Morgan fingerprint density at radius 1 is 0.837 bits per heavy atom. The monoisotopic (exact) mass is 689 g/mol. The van der Waals surface area contributed by atoms with Gasteiger partial charge in [-0.2, -0.15) is 26.3 Å². The predicted molar refractivity (Wildman–Crippen MR) is 176 cm³/mol. The summed E-state index contributed by atoms with van der Waals surface area (Å²) in [5.41, 5.74) is -1.95. The number of carbonyl (C=O) groups excluding carboxylic acids is 1. The lowest BCUT2D eigenvalue weighted by Gasteiger charge is -2.31. The number of aromatic nitrogens is 3. The Labute approximate surface area is 281 Å². The molecule has 0 saturated heterocycles. The second-order valence-corrected chi connectivity index (χ2v) is 14.3. The van der Waals surface area contributed by atoms with E-state index in [0.29, 0.717) is 46.7 Å². The topological polar surface area (TPSA) is 98.1 Å². The van der Waals surface area contributed by atoms with Crippen LogP contribution in [0.1, 0.15) is 98.5 Å². The minimum atomic E-state index is -5.02. The molecule has 0 radical (unpaired) electrons. The van der Waals surface area contributed by atoms with E-state index in [0.717, 1.165) is 38.8 Å². The van der Waals surface area contributed by atoms with Crippen LogP contribution in [0.25, 0.3) is 0 Å². The molecule has 5 rings (SSSR count). The molecule has 3 aromatic rings. The van der Waals surface area contributed by atoms with E-state index in [2.05, 4.69) is 20.2 Å². The maximum Gasteiger partial charge on any atom is 0.416 e. The maximum atomic E-state index is 13.8. The average Bonchev–Trinajstić information content (AvgIpc) is 3.93. The molecule has 0 bridgehead atoms. The molecule has 0 spiro atoms. The molecule has 264 valence electrons. The smallest absolute Gasteiger partial charge is 0.365 e. The molecule has 0 atom stereocenters. The lowest BCUT2D eigenvalue weighted by atomic mass is 10.0. The third kappa shape index (κ3) is 9.69. The zero-order valence-corrected chi connectivity index (χ0v) is 28.2. The number of carbonyl (C=O) groups is 1. The highest BCUT2D eigenvalue weighted by molar-refractivity contribution is 6.01. The zero-order valence-electron chi connectivity index (χ0n) is 28.2. The first kappa shape index (κ1) is 36.1. The molecule has 1 aromatic carbocycles. The first-order chi connectivity index (χ1) is 22.8. The summed E-state index contributed by atoms with van der Waals surface area (Å²) in [7, 11) is 0. The van der Waals surface area contributed by atoms with E-state index in [4.69, 9.17) is 10.4 Å². The van der Waals surface area contributed by atoms with Crippen molar-refractivity contribution in [3.63, 3.8) is 0 Å². The van der Waals surface area contributed by atoms with Gasteiger partial charge in [-0.15, -0.1) is 0 Å². The normalized spacial score (nSPS) is 15.2. The molecule has 2 saturated carbocycles. The number of hydrogen-bond acceptors (Lipinski definition) is 8. The van der Waals surface area contributed by atoms with E-state index in [9.17, 15) is 31.1 Å². The molecule has 49 heavy (non-hydrogen) atoms. The van der Waals surface area contributed by atoms with Gasteiger partial charge in [0, 0.05) is 61.0 Å². The van der Waals surface area contributed by atoms with Crippen LogP contribution >= 0.6 is 0 Å². The Bertz CT molecular complexity index is 1640. The third-order valence-electron chi connectivity index (χ3n) is 8.34. The summed E-state index contributed by atoms with van der Waals surface area (Å²) in [6.45, 7) is 9.92. The first-order valence-corrected chi connectivity index (χ1v) is 16.3. The van der Waals surface area contributed by atoms with Crippen LogP contribution in [0.5, 0.6) is 0 Å². The summed E-state index contributed by atoms with van der Waals surface area (Å²) in [5.74, 6) is 1.81. The minimum absolute atomic E-state index is 0.00266. The first-order valence-electron chi connectivity index (χ1n) is 16.3. The second kappa shape index (κ2) is 13.6. The Hall–Kier alpha value is -4.23. The van der Waals surface area contributed by atoms with Crippen molar-refractivity contribution in [2.24, 2.45) is 11.8 Å². The fraction of sp³-hybridized carbons (Fsp3) is 0.514. The largest absolute Gasteiger partial charge is 0.416 e. The number of rotatable bonds is 13. The number of Topliss-reactive ketones (excluding diaryl/α,β-unsaturated/α-hetero) is 1. The van der Waals surface area contributed by atoms with E-state index >= 15 is 0 Å². The molecule has 0 unspecified atom stereocenters. The van der Waals surface area contributed by atoms with Gasteiger partial charge in [0.15, 0.2) is 5.78 Å². The van der Waals surface area contributed by atoms with Gasteiger partial charge in [0.1, 0.15) is 11.6 Å². The number of pyridine rings is 1. The van der Waals surface area contributed by atoms with Gasteiger partial charge in [0.2, 0.25) is 5.95 Å². The Balaban J connectivity index is 1.66. The standard InChI is InChI=1S/C35H41F6N7O/c1-20(42)29-12-25(31(45-30(29)46-33(3,4)5)47(16-22-6-7-22)17-23-8-9-23)19-48(32-43-14-26(15-44-32)21(2)49)18-24-10-27(34(36,37)38)13-28(11-24)35(39,40)41/h10-15,22-23,42H,6-9,16-19H2,1-5H3,(H,45,46). The molecule has 2 heterocycles. The number of halogens is 6. The molecule has 2 aliphatic carbocycles. The van der Waals surface area contributed by atoms with Gasteiger partial charge in [-0.3, -0.25) is 4.79 Å². The SMILES string of the molecule is CC(=N)c1cc(CN(Cc2cc(C(F)(F)F)cc(C(F)(F)F)c2)c2ncc(C(C)=O)cn2)c(N(CC2CC2)CC2CC2)nc1NC(C)(C)C. The third-order valence-corrected chi connectivity index (χ3v) is 8.34. The quantitative estimate of drug-likeness (QED) is 0.105. The summed E-state index contributed by atoms with van der Waals surface area (Å²) in [6, 6.07) is 3.31. The second-order valence-electron chi connectivity index (χ2n) is 14.3. The van der Waals surface area contributed by atoms with Gasteiger partial charge in [-0.05, 0) is 102 Å². The molecule has 8 nitrogen and oxygen atoms in total. The molecular formula is C35H41F6N7O. The summed E-state index contributed by atoms with van der Waals surface area (Å²) in [5, 5.41) is 12.0. The van der Waals surface area contributed by atoms with Crippen molar-refractivity contribution in [3.8, 4) is 0 Å². The molecule has 2 fully saturated rings. The Morgan fingerprint density at radius 2 is 1.37 bits per heavy atom. The van der Waals surface area contributed by atoms with Crippen molar-refractivity contribution in [1.82, 2.24) is 15.0 Å². The van der Waals surface area contributed by atoms with Crippen LogP contribution in [0.15, 0.2) is 36.7 Å². The molecule has 14 heteroatoms. The van der Waals surface area contributed by atoms with Crippen molar-refractivity contribution < 1.29 is 31.1 Å². The number of nitrogens with zero attached hydrogens (tertiary/aromatic N) is 5. The van der Waals surface area contributed by atoms with Crippen molar-refractivity contribution in [2.45, 2.75) is 91.3 Å². The highest BCUT2D eigenvalue weighted by atomic mass is 19.4. The molecule has 0 aliphatic heterocycles. The van der Waals surface area contributed by atoms with Crippen LogP contribution in [-0.4, -0.2) is 45.1 Å². The zero-order chi connectivity index (χ0) is 35.9. The molecular weight excluding hydrogens is 648 g/mol. The molecule has 2 N–H and O–H groups in total. The highest BCUT2D eigenvalue weighted by Gasteiger charge is 2.37. The van der Waals surface area contributed by atoms with Crippen LogP contribution < -0.4 is 15.1 Å².